The van der Waals surface area contributed by atoms with E-state index in [1.807, 2.05) is 52.1 Å². The summed E-state index contributed by atoms with van der Waals surface area (Å²) in [5.74, 6) is -1.55. The summed E-state index contributed by atoms with van der Waals surface area (Å²) in [5.41, 5.74) is -1.97. The first-order valence-electron chi connectivity index (χ1n) is 27.2. The van der Waals surface area contributed by atoms with Crippen LogP contribution in [0.25, 0.3) is 5.57 Å². The lowest BCUT2D eigenvalue weighted by Crippen LogP contribution is -2.47. The maximum atomic E-state index is 14.3. The van der Waals surface area contributed by atoms with Gasteiger partial charge in [-0.2, -0.15) is 13.2 Å². The molecule has 81 heavy (non-hydrogen) atoms. The number of benzene rings is 4. The minimum Gasteiger partial charge on any atom is -0.438 e. The summed E-state index contributed by atoms with van der Waals surface area (Å²) in [5, 5.41) is 3.30. The van der Waals surface area contributed by atoms with E-state index in [9.17, 15) is 44.2 Å². The number of sulfonamides is 1. The van der Waals surface area contributed by atoms with Gasteiger partial charge in [-0.1, -0.05) is 61.4 Å². The molecule has 2 unspecified atom stereocenters. The molecule has 0 radical (unpaired) electrons. The number of amides is 1. The lowest BCUT2D eigenvalue weighted by Gasteiger charge is -2.39. The number of rotatable bonds is 24. The number of alkyl halides is 3. The highest BCUT2D eigenvalue weighted by Crippen LogP contribution is 2.49. The molecule has 2 N–H and O–H groups in total. The number of piperazine rings is 2. The molecular formula is C57H75ClF3N6O10PS3. The van der Waals surface area contributed by atoms with Crippen molar-refractivity contribution >= 4 is 79.6 Å². The molecule has 2 fully saturated rings. The van der Waals surface area contributed by atoms with Gasteiger partial charge in [0.05, 0.1) is 22.6 Å². The van der Waals surface area contributed by atoms with Crippen molar-refractivity contribution in [3.05, 3.63) is 119 Å². The number of hydrogen-bond acceptors (Lipinski definition) is 16. The van der Waals surface area contributed by atoms with E-state index in [1.54, 1.807) is 39.8 Å². The van der Waals surface area contributed by atoms with Crippen LogP contribution in [-0.4, -0.2) is 146 Å². The highest BCUT2D eigenvalue weighted by molar-refractivity contribution is 8.00. The molecule has 0 bridgehead atoms. The fraction of sp³-hybridized carbons (Fsp3) is 0.509. The van der Waals surface area contributed by atoms with Crippen molar-refractivity contribution in [3.63, 3.8) is 0 Å². The Kier molecular flexibility index (Phi) is 21.7. The van der Waals surface area contributed by atoms with Crippen LogP contribution < -0.4 is 14.9 Å². The molecule has 2 aliphatic heterocycles. The number of allylic oxidation sites excluding steroid dienone is 1. The van der Waals surface area contributed by atoms with E-state index in [4.69, 9.17) is 25.4 Å². The van der Waals surface area contributed by atoms with Crippen molar-refractivity contribution in [1.29, 1.82) is 0 Å². The third kappa shape index (κ3) is 18.0. The Morgan fingerprint density at radius 1 is 0.827 bits per heavy atom. The quantitative estimate of drug-likeness (QED) is 0.0292. The molecular weight excluding hydrogens is 1150 g/mol. The Morgan fingerprint density at radius 2 is 1.47 bits per heavy atom. The van der Waals surface area contributed by atoms with Crippen LogP contribution in [0.5, 0.6) is 0 Å². The molecule has 2 saturated heterocycles. The number of hydrogen-bond donors (Lipinski definition) is 2. The zero-order chi connectivity index (χ0) is 58.8. The highest BCUT2D eigenvalue weighted by atomic mass is 35.5. The van der Waals surface area contributed by atoms with Crippen LogP contribution >= 0.6 is 31.0 Å². The molecule has 2 atom stereocenters. The van der Waals surface area contributed by atoms with Crippen molar-refractivity contribution < 1.29 is 57.9 Å². The number of sulfone groups is 1. The number of esters is 1. The molecule has 444 valence electrons. The van der Waals surface area contributed by atoms with Gasteiger partial charge in [-0.3, -0.25) is 28.5 Å². The number of carbonyl (C=O) groups excluding carboxylic acids is 2. The molecule has 24 heteroatoms. The van der Waals surface area contributed by atoms with E-state index in [0.717, 1.165) is 74.7 Å². The van der Waals surface area contributed by atoms with E-state index in [-0.39, 0.29) is 35.7 Å². The molecule has 0 aromatic heterocycles. The third-order valence-corrected chi connectivity index (χ3v) is 20.8. The molecule has 4 aromatic carbocycles. The number of carbonyl (C=O) groups is 2. The number of thioether (sulfide) groups is 1. The van der Waals surface area contributed by atoms with Crippen LogP contribution in [0.2, 0.25) is 5.02 Å². The summed E-state index contributed by atoms with van der Waals surface area (Å²) in [6.45, 7) is 18.0. The molecule has 0 saturated carbocycles. The Bertz CT molecular complexity index is 3100. The molecule has 16 nitrogen and oxygen atoms in total. The van der Waals surface area contributed by atoms with E-state index in [0.29, 0.717) is 56.7 Å². The zero-order valence-electron chi connectivity index (χ0n) is 46.8. The summed E-state index contributed by atoms with van der Waals surface area (Å²) in [6.07, 6.45) is 4.33. The highest BCUT2D eigenvalue weighted by Gasteiger charge is 2.48. The van der Waals surface area contributed by atoms with E-state index in [2.05, 4.69) is 46.0 Å². The second-order valence-corrected chi connectivity index (χ2v) is 29.8. The molecule has 7 rings (SSSR count). The molecule has 3 aliphatic rings. The first-order valence-corrected chi connectivity index (χ1v) is 33.1. The van der Waals surface area contributed by atoms with Gasteiger partial charge < -0.3 is 24.4 Å². The predicted octanol–water partition coefficient (Wildman–Crippen LogP) is 11.3. The van der Waals surface area contributed by atoms with Gasteiger partial charge in [0, 0.05) is 91.9 Å². The fourth-order valence-corrected chi connectivity index (χ4v) is 14.9. The maximum absolute atomic E-state index is 14.3. The van der Waals surface area contributed by atoms with Crippen LogP contribution in [-0.2, 0) is 43.0 Å². The van der Waals surface area contributed by atoms with E-state index >= 15 is 0 Å². The Hall–Kier alpha value is -4.48. The molecule has 4 aromatic rings. The topological polar surface area (TPSA) is 184 Å². The molecule has 1 amide bonds. The average Bonchev–Trinajstić information content (AvgIpc) is 3.55. The second kappa shape index (κ2) is 27.5. The summed E-state index contributed by atoms with van der Waals surface area (Å²) in [7, 11) is -14.6. The van der Waals surface area contributed by atoms with Crippen molar-refractivity contribution in [3.8, 4) is 0 Å². The van der Waals surface area contributed by atoms with Crippen molar-refractivity contribution in [2.45, 2.75) is 99.1 Å². The standard InChI is InChI=1S/C57H75ClF3N6O10PS3/c1-7-76-78(70,77-41-75-54(69)55(2,3)4)40-66-30-28-64(29-31-66)27-11-14-48(79-47-12-9-8-10-13-47)38-62-51-24-23-49(36-52(51)80(71,72)57(59,60)61)81(73,74)63-53(68)43-17-21-46(22-18-43)67-34-32-65(33-35-67)39-44-37-56(5,6)26-25-50(44)42-15-19-45(58)20-16-42/h8-10,12-13,15-24,36,48,62H,7,11,14,25-35,37-41H2,1-6H3,(H,63,68). The fourth-order valence-electron chi connectivity index (χ4n) is 9.98. The zero-order valence-corrected chi connectivity index (χ0v) is 50.9. The van der Waals surface area contributed by atoms with Gasteiger partial charge in [-0.05, 0) is 150 Å². The van der Waals surface area contributed by atoms with Crippen LogP contribution in [0.4, 0.5) is 24.5 Å². The number of nitrogens with zero attached hydrogens (tertiary/aromatic N) is 4. The van der Waals surface area contributed by atoms with Crippen LogP contribution in [0.1, 0.15) is 89.6 Å². The van der Waals surface area contributed by atoms with Gasteiger partial charge in [0.25, 0.3) is 25.8 Å². The van der Waals surface area contributed by atoms with Gasteiger partial charge in [0.1, 0.15) is 11.2 Å². The van der Waals surface area contributed by atoms with Crippen LogP contribution in [0, 0.1) is 10.8 Å². The first-order chi connectivity index (χ1) is 38.1. The van der Waals surface area contributed by atoms with Gasteiger partial charge in [-0.25, -0.2) is 21.6 Å². The monoisotopic (exact) mass is 1220 g/mol. The average molecular weight is 1220 g/mol. The van der Waals surface area contributed by atoms with Crippen molar-refractivity contribution in [2.75, 3.05) is 102 Å². The van der Waals surface area contributed by atoms with Crippen LogP contribution in [0.3, 0.4) is 0 Å². The summed E-state index contributed by atoms with van der Waals surface area (Å²) in [4.78, 5) is 33.2. The minimum atomic E-state index is -6.11. The van der Waals surface area contributed by atoms with Crippen molar-refractivity contribution in [1.82, 2.24) is 19.4 Å². The first kappa shape index (κ1) is 64.1. The Balaban J connectivity index is 0.952. The largest absolute Gasteiger partial charge is 0.501 e. The predicted molar refractivity (Wildman–Crippen MR) is 313 cm³/mol. The van der Waals surface area contributed by atoms with E-state index in [1.165, 1.54) is 40.6 Å². The molecule has 2 heterocycles. The third-order valence-electron chi connectivity index (χ3n) is 14.5. The summed E-state index contributed by atoms with van der Waals surface area (Å²) >= 11 is 7.66. The second-order valence-electron chi connectivity index (χ2n) is 22.4. The van der Waals surface area contributed by atoms with Gasteiger partial charge in [-0.15, -0.1) is 11.8 Å². The van der Waals surface area contributed by atoms with Gasteiger partial charge in [0.2, 0.25) is 6.79 Å². The van der Waals surface area contributed by atoms with Crippen molar-refractivity contribution in [2.24, 2.45) is 10.8 Å². The SMILES string of the molecule is CCOP(=O)(CN1CCN(CCCC(CNc2ccc(S(=O)(=O)NC(=O)c3ccc(N4CCN(CC5=C(c6ccc(Cl)cc6)CCC(C)(C)C5)CC4)cc3)cc2S(=O)(=O)C(F)(F)F)Sc2ccccc2)CC1)OCOC(=O)C(C)(C)C. The minimum absolute atomic E-state index is 0.00272. The lowest BCUT2D eigenvalue weighted by molar-refractivity contribution is -0.160. The van der Waals surface area contributed by atoms with Gasteiger partial charge in [0.15, 0.2) is 0 Å². The summed E-state index contributed by atoms with van der Waals surface area (Å²) in [6, 6.07) is 26.1. The Morgan fingerprint density at radius 3 is 2.10 bits per heavy atom. The number of ether oxygens (including phenoxy) is 1. The maximum Gasteiger partial charge on any atom is 0.501 e. The molecule has 0 spiro atoms. The number of nitrogens with one attached hydrogen (secondary N) is 2. The van der Waals surface area contributed by atoms with Crippen LogP contribution in [0.15, 0.2) is 117 Å². The normalized spacial score (nSPS) is 18.3. The molecule has 1 aliphatic carbocycles. The smallest absolute Gasteiger partial charge is 0.438 e. The number of halogens is 4. The van der Waals surface area contributed by atoms with E-state index < -0.39 is 72.5 Å². The lowest BCUT2D eigenvalue weighted by atomic mass is 9.73. The summed E-state index contributed by atoms with van der Waals surface area (Å²) < 4.78 is 128. The Labute approximate surface area is 485 Å². The number of anilines is 2. The van der Waals surface area contributed by atoms with Gasteiger partial charge >= 0.3 is 19.1 Å².